The van der Waals surface area contributed by atoms with Crippen molar-refractivity contribution in [1.82, 2.24) is 14.5 Å². The highest BCUT2D eigenvalue weighted by molar-refractivity contribution is 5.95. The highest BCUT2D eigenvalue weighted by atomic mass is 16.4. The third-order valence-electron chi connectivity index (χ3n) is 3.45. The summed E-state index contributed by atoms with van der Waals surface area (Å²) in [6.07, 6.45) is 3.85. The van der Waals surface area contributed by atoms with Gasteiger partial charge in [0.1, 0.15) is 11.7 Å². The lowest BCUT2D eigenvalue weighted by Crippen LogP contribution is -2.42. The molecule has 2 rings (SSSR count). The number of hydrogen-bond donors (Lipinski definition) is 2. The molecule has 0 spiro atoms. The van der Waals surface area contributed by atoms with E-state index in [1.165, 1.54) is 11.2 Å². The van der Waals surface area contributed by atoms with Gasteiger partial charge in [0.15, 0.2) is 0 Å². The second-order valence-electron chi connectivity index (χ2n) is 4.83. The first kappa shape index (κ1) is 13.5. The summed E-state index contributed by atoms with van der Waals surface area (Å²) < 4.78 is 1.72. The Morgan fingerprint density at radius 2 is 2.32 bits per heavy atom. The van der Waals surface area contributed by atoms with Crippen LogP contribution >= 0.6 is 0 Å². The van der Waals surface area contributed by atoms with E-state index < -0.39 is 12.0 Å². The van der Waals surface area contributed by atoms with Crippen LogP contribution in [0.3, 0.4) is 0 Å². The van der Waals surface area contributed by atoms with Crippen LogP contribution in [-0.4, -0.2) is 50.6 Å². The molecule has 2 unspecified atom stereocenters. The van der Waals surface area contributed by atoms with Crippen LogP contribution in [0.2, 0.25) is 0 Å². The molecular weight excluding hydrogens is 248 g/mol. The van der Waals surface area contributed by atoms with Crippen LogP contribution in [-0.2, 0) is 11.3 Å². The van der Waals surface area contributed by atoms with Gasteiger partial charge in [0, 0.05) is 25.8 Å². The highest BCUT2D eigenvalue weighted by Gasteiger charge is 2.40. The Morgan fingerprint density at radius 3 is 2.95 bits per heavy atom. The van der Waals surface area contributed by atoms with Crippen molar-refractivity contribution in [1.29, 1.82) is 0 Å². The molecule has 1 aromatic rings. The van der Waals surface area contributed by atoms with Crippen molar-refractivity contribution in [3.05, 3.63) is 18.2 Å². The largest absolute Gasteiger partial charge is 0.480 e. The van der Waals surface area contributed by atoms with Crippen molar-refractivity contribution in [2.24, 2.45) is 11.7 Å². The molecule has 19 heavy (non-hydrogen) atoms. The maximum atomic E-state index is 12.3. The number of carbonyl (C=O) groups excluding carboxylic acids is 1. The Hall–Kier alpha value is -1.89. The Balaban J connectivity index is 2.16. The first-order valence-corrected chi connectivity index (χ1v) is 6.30. The van der Waals surface area contributed by atoms with Crippen molar-refractivity contribution in [2.75, 3.05) is 13.1 Å². The van der Waals surface area contributed by atoms with Crippen LogP contribution < -0.4 is 5.73 Å². The Bertz CT molecular complexity index is 485. The smallest absolute Gasteiger partial charge is 0.326 e. The molecule has 1 saturated heterocycles. The molecule has 2 atom stereocenters. The summed E-state index contributed by atoms with van der Waals surface area (Å²) in [6, 6.07) is -0.757. The molecule has 1 aliphatic heterocycles. The SMILES string of the molecule is CC1CCN(C(=O)c2cn(CCN)cn2)C1C(=O)O. The van der Waals surface area contributed by atoms with Gasteiger partial charge in [-0.05, 0) is 12.3 Å². The summed E-state index contributed by atoms with van der Waals surface area (Å²) in [6.45, 7) is 3.35. The van der Waals surface area contributed by atoms with Crippen LogP contribution in [0.5, 0.6) is 0 Å². The number of nitrogens with zero attached hydrogens (tertiary/aromatic N) is 3. The topological polar surface area (TPSA) is 101 Å². The second kappa shape index (κ2) is 5.40. The second-order valence-corrected chi connectivity index (χ2v) is 4.83. The van der Waals surface area contributed by atoms with Crippen molar-refractivity contribution < 1.29 is 14.7 Å². The molecule has 0 bridgehead atoms. The number of carboxylic acids is 1. The number of carbonyl (C=O) groups is 2. The van der Waals surface area contributed by atoms with E-state index in [9.17, 15) is 14.7 Å². The predicted octanol–water partition coefficient (Wildman–Crippen LogP) is -0.223. The molecule has 1 amide bonds. The molecule has 1 aromatic heterocycles. The van der Waals surface area contributed by atoms with E-state index in [0.717, 1.165) is 0 Å². The van der Waals surface area contributed by atoms with Gasteiger partial charge in [0.2, 0.25) is 0 Å². The number of imidazole rings is 1. The van der Waals surface area contributed by atoms with Gasteiger partial charge in [-0.3, -0.25) is 4.79 Å². The standard InChI is InChI=1S/C12H18N4O3/c1-8-2-4-16(10(8)12(18)19)11(17)9-6-15(5-3-13)7-14-9/h6-8,10H,2-5,13H2,1H3,(H,18,19). The minimum absolute atomic E-state index is 0.0347. The third-order valence-corrected chi connectivity index (χ3v) is 3.45. The van der Waals surface area contributed by atoms with Gasteiger partial charge in [-0.25, -0.2) is 9.78 Å². The summed E-state index contributed by atoms with van der Waals surface area (Å²) >= 11 is 0. The lowest BCUT2D eigenvalue weighted by Gasteiger charge is -2.22. The fourth-order valence-corrected chi connectivity index (χ4v) is 2.44. The third kappa shape index (κ3) is 2.60. The van der Waals surface area contributed by atoms with E-state index in [2.05, 4.69) is 4.98 Å². The number of carboxylic acid groups (broad SMARTS) is 1. The lowest BCUT2D eigenvalue weighted by molar-refractivity contribution is -0.142. The van der Waals surface area contributed by atoms with E-state index in [0.29, 0.717) is 26.1 Å². The van der Waals surface area contributed by atoms with Gasteiger partial charge < -0.3 is 20.3 Å². The van der Waals surface area contributed by atoms with Gasteiger partial charge in [-0.1, -0.05) is 6.92 Å². The number of amides is 1. The fraction of sp³-hybridized carbons (Fsp3) is 0.583. The molecule has 7 heteroatoms. The van der Waals surface area contributed by atoms with E-state index in [1.807, 2.05) is 6.92 Å². The molecule has 1 aliphatic rings. The van der Waals surface area contributed by atoms with Gasteiger partial charge >= 0.3 is 5.97 Å². The van der Waals surface area contributed by atoms with E-state index in [4.69, 9.17) is 5.73 Å². The minimum Gasteiger partial charge on any atom is -0.480 e. The number of rotatable bonds is 4. The Morgan fingerprint density at radius 1 is 1.58 bits per heavy atom. The van der Waals surface area contributed by atoms with E-state index in [-0.39, 0.29) is 17.5 Å². The minimum atomic E-state index is -0.959. The van der Waals surface area contributed by atoms with Crippen LogP contribution in [0.4, 0.5) is 0 Å². The molecule has 3 N–H and O–H groups in total. The number of likely N-dealkylation sites (tertiary alicyclic amines) is 1. The number of nitrogens with two attached hydrogens (primary N) is 1. The summed E-state index contributed by atoms with van der Waals surface area (Å²) in [5.41, 5.74) is 5.70. The van der Waals surface area contributed by atoms with Crippen molar-refractivity contribution in [2.45, 2.75) is 25.9 Å². The number of aliphatic carboxylic acids is 1. The summed E-state index contributed by atoms with van der Waals surface area (Å²) in [5, 5.41) is 9.20. The summed E-state index contributed by atoms with van der Waals surface area (Å²) in [4.78, 5) is 28.9. The zero-order valence-corrected chi connectivity index (χ0v) is 10.8. The summed E-state index contributed by atoms with van der Waals surface area (Å²) in [7, 11) is 0. The van der Waals surface area contributed by atoms with Crippen LogP contribution in [0, 0.1) is 5.92 Å². The van der Waals surface area contributed by atoms with E-state index in [1.54, 1.807) is 10.8 Å². The summed E-state index contributed by atoms with van der Waals surface area (Å²) in [5.74, 6) is -1.32. The normalized spacial score (nSPS) is 22.7. The quantitative estimate of drug-likeness (QED) is 0.784. The monoisotopic (exact) mass is 266 g/mol. The predicted molar refractivity (Wildman–Crippen MR) is 67.5 cm³/mol. The fourth-order valence-electron chi connectivity index (χ4n) is 2.44. The van der Waals surface area contributed by atoms with E-state index >= 15 is 0 Å². The zero-order chi connectivity index (χ0) is 14.0. The molecular formula is C12H18N4O3. The van der Waals surface area contributed by atoms with Crippen molar-refractivity contribution in [3.63, 3.8) is 0 Å². The molecule has 1 fully saturated rings. The van der Waals surface area contributed by atoms with Crippen molar-refractivity contribution >= 4 is 11.9 Å². The van der Waals surface area contributed by atoms with Gasteiger partial charge in [-0.15, -0.1) is 0 Å². The van der Waals surface area contributed by atoms with Crippen molar-refractivity contribution in [3.8, 4) is 0 Å². The first-order chi connectivity index (χ1) is 9.04. The van der Waals surface area contributed by atoms with Gasteiger partial charge in [-0.2, -0.15) is 0 Å². The van der Waals surface area contributed by atoms with Crippen LogP contribution in [0.1, 0.15) is 23.8 Å². The van der Waals surface area contributed by atoms with Gasteiger partial charge in [0.05, 0.1) is 6.33 Å². The maximum Gasteiger partial charge on any atom is 0.326 e. The van der Waals surface area contributed by atoms with Crippen LogP contribution in [0.25, 0.3) is 0 Å². The number of hydrogen-bond acceptors (Lipinski definition) is 4. The molecule has 0 aliphatic carbocycles. The molecule has 104 valence electrons. The Labute approximate surface area is 111 Å². The number of aromatic nitrogens is 2. The molecule has 0 aromatic carbocycles. The molecule has 7 nitrogen and oxygen atoms in total. The average Bonchev–Trinajstić information content (AvgIpc) is 2.95. The highest BCUT2D eigenvalue weighted by Crippen LogP contribution is 2.25. The molecule has 0 saturated carbocycles. The Kier molecular flexibility index (Phi) is 3.84. The van der Waals surface area contributed by atoms with Crippen LogP contribution in [0.15, 0.2) is 12.5 Å². The zero-order valence-electron chi connectivity index (χ0n) is 10.8. The van der Waals surface area contributed by atoms with Gasteiger partial charge in [0.25, 0.3) is 5.91 Å². The lowest BCUT2D eigenvalue weighted by atomic mass is 10.0. The first-order valence-electron chi connectivity index (χ1n) is 6.30. The molecule has 0 radical (unpaired) electrons. The maximum absolute atomic E-state index is 12.3. The average molecular weight is 266 g/mol. The molecule has 2 heterocycles.